The van der Waals surface area contributed by atoms with Crippen molar-refractivity contribution in [2.75, 3.05) is 58.9 Å². The van der Waals surface area contributed by atoms with Crippen molar-refractivity contribution in [3.63, 3.8) is 0 Å². The number of piperazine rings is 1. The summed E-state index contributed by atoms with van der Waals surface area (Å²) in [6, 6.07) is 15.4. The van der Waals surface area contributed by atoms with Crippen molar-refractivity contribution in [1.29, 1.82) is 0 Å². The van der Waals surface area contributed by atoms with Crippen LogP contribution in [0.15, 0.2) is 48.5 Å². The molecule has 4 rings (SSSR count). The van der Waals surface area contributed by atoms with E-state index in [2.05, 4.69) is 57.8 Å². The van der Waals surface area contributed by atoms with Crippen LogP contribution in [0.25, 0.3) is 22.2 Å². The van der Waals surface area contributed by atoms with Crippen molar-refractivity contribution in [2.24, 2.45) is 0 Å². The average molecular weight is 451 g/mol. The van der Waals surface area contributed by atoms with Gasteiger partial charge in [0.05, 0.1) is 0 Å². The number of benzene rings is 2. The fraction of sp³-hybridized carbons (Fsp3) is 0.500. The molecule has 1 aromatic heterocycles. The van der Waals surface area contributed by atoms with Gasteiger partial charge in [-0.25, -0.2) is 4.39 Å². The third kappa shape index (κ3) is 6.23. The summed E-state index contributed by atoms with van der Waals surface area (Å²) in [5.41, 5.74) is 4.41. The van der Waals surface area contributed by atoms with Gasteiger partial charge in [-0.15, -0.1) is 0 Å². The molecular weight excluding hydrogens is 411 g/mol. The highest BCUT2D eigenvalue weighted by atomic mass is 19.1. The molecule has 1 saturated heterocycles. The molecule has 0 atom stereocenters. The van der Waals surface area contributed by atoms with Crippen molar-refractivity contribution < 1.29 is 4.39 Å². The standard InChI is InChI=1S/C28H39FN4/c1-3-13-31(14-4-2)16-19-33-20-17-32(18-21-33)15-12-26-25-10-5-6-11-27(25)30-28(26)23-8-7-9-24(29)22-23/h5-11,22,30H,3-4,12-21H2,1-2H3. The Morgan fingerprint density at radius 3 is 2.24 bits per heavy atom. The molecule has 5 heteroatoms. The van der Waals surface area contributed by atoms with Crippen LogP contribution in [0.5, 0.6) is 0 Å². The third-order valence-electron chi connectivity index (χ3n) is 6.88. The highest BCUT2D eigenvalue weighted by Gasteiger charge is 2.19. The first kappa shape index (κ1) is 23.9. The Balaban J connectivity index is 1.35. The van der Waals surface area contributed by atoms with Crippen LogP contribution < -0.4 is 0 Å². The molecule has 0 bridgehead atoms. The molecule has 1 aliphatic heterocycles. The Hall–Kier alpha value is -2.21. The second-order valence-electron chi connectivity index (χ2n) is 9.31. The fourth-order valence-electron chi connectivity index (χ4n) is 5.11. The number of hydrogen-bond acceptors (Lipinski definition) is 3. The van der Waals surface area contributed by atoms with Crippen molar-refractivity contribution in [3.8, 4) is 11.3 Å². The third-order valence-corrected chi connectivity index (χ3v) is 6.88. The number of para-hydroxylation sites is 1. The van der Waals surface area contributed by atoms with Crippen molar-refractivity contribution in [2.45, 2.75) is 33.1 Å². The Labute approximate surface area is 198 Å². The van der Waals surface area contributed by atoms with E-state index < -0.39 is 0 Å². The summed E-state index contributed by atoms with van der Waals surface area (Å²) in [4.78, 5) is 11.4. The van der Waals surface area contributed by atoms with E-state index in [9.17, 15) is 4.39 Å². The second kappa shape index (κ2) is 11.8. The van der Waals surface area contributed by atoms with E-state index in [1.165, 1.54) is 56.0 Å². The lowest BCUT2D eigenvalue weighted by molar-refractivity contribution is 0.119. The minimum absolute atomic E-state index is 0.190. The maximum Gasteiger partial charge on any atom is 0.123 e. The summed E-state index contributed by atoms with van der Waals surface area (Å²) in [6.45, 7) is 14.9. The van der Waals surface area contributed by atoms with Gasteiger partial charge in [0.25, 0.3) is 0 Å². The summed E-state index contributed by atoms with van der Waals surface area (Å²) in [6.07, 6.45) is 3.44. The Bertz CT molecular complexity index is 1000. The monoisotopic (exact) mass is 450 g/mol. The smallest absolute Gasteiger partial charge is 0.123 e. The first-order chi connectivity index (χ1) is 16.2. The van der Waals surface area contributed by atoms with Gasteiger partial charge >= 0.3 is 0 Å². The highest BCUT2D eigenvalue weighted by Crippen LogP contribution is 2.31. The van der Waals surface area contributed by atoms with Crippen molar-refractivity contribution in [1.82, 2.24) is 19.7 Å². The van der Waals surface area contributed by atoms with E-state index in [1.807, 2.05) is 6.07 Å². The van der Waals surface area contributed by atoms with Crippen LogP contribution in [0.2, 0.25) is 0 Å². The molecule has 178 valence electrons. The topological polar surface area (TPSA) is 25.5 Å². The quantitative estimate of drug-likeness (QED) is 0.432. The van der Waals surface area contributed by atoms with Gasteiger partial charge in [0.15, 0.2) is 0 Å². The maximum atomic E-state index is 13.9. The number of fused-ring (bicyclic) bond motifs is 1. The van der Waals surface area contributed by atoms with E-state index in [0.717, 1.165) is 55.9 Å². The Morgan fingerprint density at radius 1 is 0.848 bits per heavy atom. The summed E-state index contributed by atoms with van der Waals surface area (Å²) in [5.74, 6) is -0.190. The van der Waals surface area contributed by atoms with Crippen LogP contribution in [0, 0.1) is 5.82 Å². The molecule has 0 unspecified atom stereocenters. The van der Waals surface area contributed by atoms with Crippen LogP contribution in [0.3, 0.4) is 0 Å². The molecule has 2 heterocycles. The molecule has 0 amide bonds. The molecule has 3 aromatic rings. The van der Waals surface area contributed by atoms with E-state index in [0.29, 0.717) is 0 Å². The van der Waals surface area contributed by atoms with E-state index in [4.69, 9.17) is 0 Å². The first-order valence-corrected chi connectivity index (χ1v) is 12.7. The molecule has 1 N–H and O–H groups in total. The van der Waals surface area contributed by atoms with Gasteiger partial charge in [-0.05, 0) is 56.1 Å². The number of aromatic amines is 1. The van der Waals surface area contributed by atoms with Gasteiger partial charge in [0, 0.05) is 68.0 Å². The molecule has 2 aromatic carbocycles. The van der Waals surface area contributed by atoms with Crippen LogP contribution >= 0.6 is 0 Å². The van der Waals surface area contributed by atoms with Gasteiger partial charge in [-0.3, -0.25) is 4.90 Å². The van der Waals surface area contributed by atoms with E-state index in [1.54, 1.807) is 12.1 Å². The second-order valence-corrected chi connectivity index (χ2v) is 9.31. The van der Waals surface area contributed by atoms with Crippen molar-refractivity contribution >= 4 is 10.9 Å². The zero-order valence-corrected chi connectivity index (χ0v) is 20.3. The average Bonchev–Trinajstić information content (AvgIpc) is 3.21. The number of nitrogens with one attached hydrogen (secondary N) is 1. The van der Waals surface area contributed by atoms with Crippen LogP contribution in [-0.4, -0.2) is 78.6 Å². The van der Waals surface area contributed by atoms with Crippen LogP contribution in [-0.2, 0) is 6.42 Å². The molecule has 0 spiro atoms. The summed E-state index contributed by atoms with van der Waals surface area (Å²) >= 11 is 0. The number of H-pyrrole nitrogens is 1. The van der Waals surface area contributed by atoms with Gasteiger partial charge in [0.2, 0.25) is 0 Å². The Morgan fingerprint density at radius 2 is 1.55 bits per heavy atom. The van der Waals surface area contributed by atoms with Crippen LogP contribution in [0.1, 0.15) is 32.3 Å². The van der Waals surface area contributed by atoms with E-state index >= 15 is 0 Å². The number of hydrogen-bond donors (Lipinski definition) is 1. The molecule has 0 aliphatic carbocycles. The number of rotatable bonds is 11. The zero-order chi connectivity index (χ0) is 23.0. The van der Waals surface area contributed by atoms with Gasteiger partial charge in [-0.1, -0.05) is 44.2 Å². The molecule has 33 heavy (non-hydrogen) atoms. The summed E-state index contributed by atoms with van der Waals surface area (Å²) in [7, 11) is 0. The van der Waals surface area contributed by atoms with Gasteiger partial charge in [-0.2, -0.15) is 0 Å². The summed E-state index contributed by atoms with van der Waals surface area (Å²) < 4.78 is 13.9. The molecule has 1 aliphatic rings. The molecule has 1 fully saturated rings. The van der Waals surface area contributed by atoms with Gasteiger partial charge in [0.1, 0.15) is 5.82 Å². The minimum Gasteiger partial charge on any atom is -0.354 e. The first-order valence-electron chi connectivity index (χ1n) is 12.7. The summed E-state index contributed by atoms with van der Waals surface area (Å²) in [5, 5.41) is 1.25. The number of aromatic nitrogens is 1. The van der Waals surface area contributed by atoms with Gasteiger partial charge < -0.3 is 14.8 Å². The molecular formula is C28H39FN4. The molecule has 0 saturated carbocycles. The van der Waals surface area contributed by atoms with Crippen molar-refractivity contribution in [3.05, 3.63) is 59.9 Å². The predicted molar refractivity (Wildman–Crippen MR) is 137 cm³/mol. The lowest BCUT2D eigenvalue weighted by atomic mass is 10.0. The van der Waals surface area contributed by atoms with E-state index in [-0.39, 0.29) is 5.82 Å². The number of nitrogens with zero attached hydrogens (tertiary/aromatic N) is 3. The molecule has 4 nitrogen and oxygen atoms in total. The van der Waals surface area contributed by atoms with Crippen LogP contribution in [0.4, 0.5) is 4.39 Å². The number of halogens is 1. The highest BCUT2D eigenvalue weighted by molar-refractivity contribution is 5.90. The Kier molecular flexibility index (Phi) is 8.54. The maximum absolute atomic E-state index is 13.9. The zero-order valence-electron chi connectivity index (χ0n) is 20.3. The molecule has 0 radical (unpaired) electrons. The predicted octanol–water partition coefficient (Wildman–Crippen LogP) is 5.26. The lowest BCUT2D eigenvalue weighted by Gasteiger charge is -2.36. The lowest BCUT2D eigenvalue weighted by Crippen LogP contribution is -2.48. The fourth-order valence-corrected chi connectivity index (χ4v) is 5.11. The SMILES string of the molecule is CCCN(CCC)CCN1CCN(CCc2c(-c3cccc(F)c3)[nH]c3ccccc23)CC1. The largest absolute Gasteiger partial charge is 0.354 e. The normalized spacial score (nSPS) is 15.6. The minimum atomic E-state index is -0.190.